The molecular weight excluding hydrogens is 269 g/mol. The van der Waals surface area contributed by atoms with Crippen LogP contribution in [0.5, 0.6) is 0 Å². The number of nitrogens with zero attached hydrogens (tertiary/aromatic N) is 1. The van der Waals surface area contributed by atoms with Crippen molar-refractivity contribution >= 4 is 29.9 Å². The van der Waals surface area contributed by atoms with Gasteiger partial charge in [-0.05, 0) is 0 Å². The quantitative estimate of drug-likeness (QED) is 0.743. The Morgan fingerprint density at radius 1 is 1.31 bits per heavy atom. The molecule has 0 saturated carbocycles. The van der Waals surface area contributed by atoms with Crippen molar-refractivity contribution in [1.82, 2.24) is 0 Å². The first kappa shape index (κ1) is 11.6. The second kappa shape index (κ2) is 3.33. The Kier molecular flexibility index (Phi) is 2.42. The van der Waals surface area contributed by atoms with Crippen LogP contribution in [0.3, 0.4) is 0 Å². The number of rotatable bonds is 1. The van der Waals surface area contributed by atoms with Crippen LogP contribution in [-0.2, 0) is 9.15 Å². The zero-order chi connectivity index (χ0) is 12.1. The van der Waals surface area contributed by atoms with Gasteiger partial charge in [-0.2, -0.15) is 0 Å². The van der Waals surface area contributed by atoms with Crippen LogP contribution in [0, 0.1) is 0 Å². The third kappa shape index (κ3) is 1.67. The topological polar surface area (TPSA) is 69.9 Å². The monoisotopic (exact) mass is 283 g/mol. The number of fused-ring (bicyclic) bond motifs is 1. The molecule has 1 aromatic carbocycles. The Labute approximate surface area is 97.0 Å². The fraction of sp³-hybridized carbons (Fsp3) is 0.364. The molecule has 0 atom stereocenters. The van der Waals surface area contributed by atoms with Crippen molar-refractivity contribution in [1.29, 1.82) is 0 Å². The van der Waals surface area contributed by atoms with Crippen LogP contribution in [0.1, 0.15) is 26.3 Å². The Hall–Kier alpha value is -0.832. The molecule has 0 spiro atoms. The molecule has 1 heterocycles. The Bertz CT molecular complexity index is 528. The van der Waals surface area contributed by atoms with Crippen molar-refractivity contribution in [2.24, 2.45) is 4.99 Å². The summed E-state index contributed by atoms with van der Waals surface area (Å²) in [6.45, 7) is 5.95. The molecule has 0 saturated heterocycles. The molecule has 2 N–H and O–H groups in total. The van der Waals surface area contributed by atoms with E-state index in [9.17, 15) is 11.9 Å². The van der Waals surface area contributed by atoms with Gasteiger partial charge in [0, 0.05) is 0 Å². The first-order valence-electron chi connectivity index (χ1n) is 4.99. The average Bonchev–Trinajstić information content (AvgIpc) is 2.37. The minimum absolute atomic E-state index is 0.120. The van der Waals surface area contributed by atoms with Crippen molar-refractivity contribution in [3.8, 4) is 0 Å². The molecule has 4 nitrogen and oxygen atoms in total. The summed E-state index contributed by atoms with van der Waals surface area (Å²) in [4.78, 5) is 4.40. The van der Waals surface area contributed by atoms with E-state index in [-0.39, 0.29) is 9.77 Å². The molecule has 0 aromatic heterocycles. The molecule has 1 aliphatic heterocycles. The average molecular weight is 283 g/mol. The molecule has 86 valence electrons. The second-order valence-electron chi connectivity index (χ2n) is 4.57. The summed E-state index contributed by atoms with van der Waals surface area (Å²) in [7, 11) is 0. The Balaban J connectivity index is 2.61. The summed E-state index contributed by atoms with van der Waals surface area (Å²) in [5, 5.41) is 0. The molecule has 5 heteroatoms. The van der Waals surface area contributed by atoms with Crippen molar-refractivity contribution < 1.29 is 11.9 Å². The van der Waals surface area contributed by atoms with Gasteiger partial charge in [0.05, 0.1) is 0 Å². The molecular formula is C11H14AsNO3. The molecule has 16 heavy (non-hydrogen) atoms. The van der Waals surface area contributed by atoms with Gasteiger partial charge in [-0.1, -0.05) is 0 Å². The van der Waals surface area contributed by atoms with Gasteiger partial charge in [-0.3, -0.25) is 0 Å². The van der Waals surface area contributed by atoms with Crippen molar-refractivity contribution in [2.75, 3.05) is 0 Å². The van der Waals surface area contributed by atoms with Gasteiger partial charge in [0.1, 0.15) is 0 Å². The van der Waals surface area contributed by atoms with Crippen LogP contribution < -0.4 is 4.35 Å². The van der Waals surface area contributed by atoms with Gasteiger partial charge in [0.2, 0.25) is 0 Å². The molecule has 0 bridgehead atoms. The van der Waals surface area contributed by atoms with E-state index in [4.69, 9.17) is 0 Å². The first-order valence-corrected chi connectivity index (χ1v) is 8.37. The van der Waals surface area contributed by atoms with Crippen LogP contribution in [0.25, 0.3) is 0 Å². The van der Waals surface area contributed by atoms with Crippen molar-refractivity contribution in [3.63, 3.8) is 0 Å². The van der Waals surface area contributed by atoms with Crippen LogP contribution in [0.15, 0.2) is 23.2 Å². The van der Waals surface area contributed by atoms with E-state index in [0.717, 1.165) is 17.0 Å². The van der Waals surface area contributed by atoms with Gasteiger partial charge in [-0.25, -0.2) is 0 Å². The predicted molar refractivity (Wildman–Crippen MR) is 62.7 cm³/mol. The number of aliphatic imine (C=N–C) groups is 1. The van der Waals surface area contributed by atoms with Gasteiger partial charge < -0.3 is 0 Å². The minimum atomic E-state index is -4.80. The third-order valence-electron chi connectivity index (χ3n) is 3.18. The summed E-state index contributed by atoms with van der Waals surface area (Å²) in [5.74, 6) is 0. The van der Waals surface area contributed by atoms with Crippen molar-refractivity contribution in [3.05, 3.63) is 23.8 Å². The van der Waals surface area contributed by atoms with E-state index in [1.807, 2.05) is 20.8 Å². The molecule has 0 unspecified atom stereocenters. The standard InChI is InChI=1S/C11H14AsNO3/c1-7-11(2,3)9-6-8(12(14,15)16)4-5-10(9)13-7/h4-6H,1-3H3,(H2,14,15,16). The summed E-state index contributed by atoms with van der Waals surface area (Å²) < 4.78 is 29.7. The van der Waals surface area contributed by atoms with Crippen LogP contribution in [0.4, 0.5) is 5.69 Å². The molecule has 1 aromatic rings. The molecule has 1 aliphatic rings. The van der Waals surface area contributed by atoms with Crippen LogP contribution in [-0.4, -0.2) is 28.1 Å². The van der Waals surface area contributed by atoms with E-state index < -0.39 is 14.2 Å². The number of benzene rings is 1. The summed E-state index contributed by atoms with van der Waals surface area (Å²) in [6.07, 6.45) is 0. The molecule has 0 fully saturated rings. The first-order chi connectivity index (χ1) is 7.23. The zero-order valence-electron chi connectivity index (χ0n) is 9.43. The maximum absolute atomic E-state index is 11.2. The fourth-order valence-corrected chi connectivity index (χ4v) is 3.01. The normalized spacial score (nSPS) is 18.2. The third-order valence-corrected chi connectivity index (χ3v) is 5.18. The molecule has 2 rings (SSSR count). The van der Waals surface area contributed by atoms with Crippen molar-refractivity contribution in [2.45, 2.75) is 26.2 Å². The molecule has 0 radical (unpaired) electrons. The predicted octanol–water partition coefficient (Wildman–Crippen LogP) is 0.631. The molecule has 0 aliphatic carbocycles. The van der Waals surface area contributed by atoms with Gasteiger partial charge >= 0.3 is 96.8 Å². The van der Waals surface area contributed by atoms with E-state index in [1.54, 1.807) is 12.1 Å². The van der Waals surface area contributed by atoms with Gasteiger partial charge in [0.15, 0.2) is 0 Å². The number of hydrogen-bond acceptors (Lipinski definition) is 2. The van der Waals surface area contributed by atoms with E-state index in [2.05, 4.69) is 4.99 Å². The second-order valence-corrected chi connectivity index (χ2v) is 7.93. The number of hydrogen-bond donors (Lipinski definition) is 2. The van der Waals surface area contributed by atoms with E-state index >= 15 is 0 Å². The Morgan fingerprint density at radius 2 is 1.94 bits per heavy atom. The summed E-state index contributed by atoms with van der Waals surface area (Å²) in [6, 6.07) is 4.75. The van der Waals surface area contributed by atoms with E-state index in [1.165, 1.54) is 6.07 Å². The van der Waals surface area contributed by atoms with Gasteiger partial charge in [0.25, 0.3) is 0 Å². The summed E-state index contributed by atoms with van der Waals surface area (Å²) >= 11 is -4.80. The van der Waals surface area contributed by atoms with Crippen LogP contribution in [0.2, 0.25) is 0 Å². The Morgan fingerprint density at radius 3 is 2.50 bits per heavy atom. The SMILES string of the molecule is CC1=Nc2ccc([As](=O)(O)O)cc2C1(C)C. The molecule has 0 amide bonds. The zero-order valence-corrected chi connectivity index (χ0v) is 11.3. The summed E-state index contributed by atoms with van der Waals surface area (Å²) in [5.41, 5.74) is 2.44. The van der Waals surface area contributed by atoms with E-state index in [0.29, 0.717) is 0 Å². The fourth-order valence-electron chi connectivity index (χ4n) is 1.82. The maximum atomic E-state index is 11.2. The van der Waals surface area contributed by atoms with Crippen LogP contribution >= 0.6 is 0 Å². The van der Waals surface area contributed by atoms with Gasteiger partial charge in [-0.15, -0.1) is 0 Å².